The van der Waals surface area contributed by atoms with Gasteiger partial charge in [0.25, 0.3) is 0 Å². The second-order valence-electron chi connectivity index (χ2n) is 4.36. The van der Waals surface area contributed by atoms with Crippen molar-refractivity contribution in [2.45, 2.75) is 19.0 Å². The van der Waals surface area contributed by atoms with E-state index in [1.54, 1.807) is 6.92 Å². The Kier molecular flexibility index (Phi) is 3.12. The molecule has 3 unspecified atom stereocenters. The average molecular weight is 241 g/mol. The minimum absolute atomic E-state index is 0.102. The maximum atomic E-state index is 12.1. The summed E-state index contributed by atoms with van der Waals surface area (Å²) in [6.45, 7) is 2.06. The summed E-state index contributed by atoms with van der Waals surface area (Å²) in [5.41, 5.74) is 5.74. The molecule has 0 aromatic rings. The fourth-order valence-corrected chi connectivity index (χ4v) is 2.02. The predicted octanol–water partition coefficient (Wildman–Crippen LogP) is -2.17. The van der Waals surface area contributed by atoms with Crippen LogP contribution in [0, 0.1) is 5.92 Å². The van der Waals surface area contributed by atoms with Crippen LogP contribution in [-0.4, -0.2) is 54.5 Å². The molecule has 94 valence electrons. The lowest BCUT2D eigenvalue weighted by Crippen LogP contribution is -2.60. The highest BCUT2D eigenvalue weighted by molar-refractivity contribution is 6.04. The van der Waals surface area contributed by atoms with Crippen molar-refractivity contribution in [1.82, 2.24) is 10.2 Å². The number of carbonyl (C=O) groups is 3. The molecule has 3 atom stereocenters. The highest BCUT2D eigenvalue weighted by atomic mass is 16.5. The lowest BCUT2D eigenvalue weighted by atomic mass is 10.0. The van der Waals surface area contributed by atoms with Crippen molar-refractivity contribution >= 4 is 17.7 Å². The van der Waals surface area contributed by atoms with E-state index in [9.17, 15) is 14.4 Å². The molecule has 2 heterocycles. The van der Waals surface area contributed by atoms with E-state index in [0.717, 1.165) is 0 Å². The SMILES string of the molecule is CC1C(=O)NC(=O)CN1C(=O)C1COCC1N. The molecule has 0 aliphatic carbocycles. The van der Waals surface area contributed by atoms with Gasteiger partial charge in [-0.15, -0.1) is 0 Å². The van der Waals surface area contributed by atoms with Crippen LogP contribution >= 0.6 is 0 Å². The summed E-state index contributed by atoms with van der Waals surface area (Å²) >= 11 is 0. The van der Waals surface area contributed by atoms with Crippen molar-refractivity contribution in [2.75, 3.05) is 19.8 Å². The Labute approximate surface area is 98.3 Å². The molecule has 2 aliphatic rings. The second kappa shape index (κ2) is 4.42. The highest BCUT2D eigenvalue weighted by Gasteiger charge is 2.40. The van der Waals surface area contributed by atoms with Crippen LogP contribution in [0.5, 0.6) is 0 Å². The predicted molar refractivity (Wildman–Crippen MR) is 56.6 cm³/mol. The van der Waals surface area contributed by atoms with E-state index in [4.69, 9.17) is 10.5 Å². The number of piperazine rings is 1. The van der Waals surface area contributed by atoms with Crippen LogP contribution in [0.25, 0.3) is 0 Å². The molecule has 0 spiro atoms. The summed E-state index contributed by atoms with van der Waals surface area (Å²) in [4.78, 5) is 36.1. The number of rotatable bonds is 1. The Hall–Kier alpha value is -1.47. The van der Waals surface area contributed by atoms with Crippen molar-refractivity contribution < 1.29 is 19.1 Å². The van der Waals surface area contributed by atoms with Crippen molar-refractivity contribution in [3.8, 4) is 0 Å². The lowest BCUT2D eigenvalue weighted by molar-refractivity contribution is -0.151. The van der Waals surface area contributed by atoms with E-state index in [0.29, 0.717) is 6.61 Å². The third kappa shape index (κ3) is 2.16. The van der Waals surface area contributed by atoms with Crippen LogP contribution in [0.4, 0.5) is 0 Å². The third-order valence-corrected chi connectivity index (χ3v) is 3.15. The maximum Gasteiger partial charge on any atom is 0.249 e. The molecule has 2 saturated heterocycles. The molecule has 3 amide bonds. The summed E-state index contributed by atoms with van der Waals surface area (Å²) in [5, 5.41) is 2.18. The van der Waals surface area contributed by atoms with Crippen LogP contribution in [-0.2, 0) is 19.1 Å². The van der Waals surface area contributed by atoms with Crippen LogP contribution in [0.1, 0.15) is 6.92 Å². The molecule has 2 rings (SSSR count). The van der Waals surface area contributed by atoms with Crippen LogP contribution in [0.2, 0.25) is 0 Å². The van der Waals surface area contributed by atoms with Gasteiger partial charge in [0, 0.05) is 6.04 Å². The minimum atomic E-state index is -0.645. The van der Waals surface area contributed by atoms with Gasteiger partial charge < -0.3 is 15.4 Å². The summed E-state index contributed by atoms with van der Waals surface area (Å²) in [5.74, 6) is -1.67. The van der Waals surface area contributed by atoms with Crippen LogP contribution < -0.4 is 11.1 Å². The van der Waals surface area contributed by atoms with Gasteiger partial charge in [-0.25, -0.2) is 0 Å². The zero-order valence-electron chi connectivity index (χ0n) is 9.51. The molecule has 17 heavy (non-hydrogen) atoms. The van der Waals surface area contributed by atoms with Crippen molar-refractivity contribution in [3.05, 3.63) is 0 Å². The molecule has 0 bridgehead atoms. The van der Waals surface area contributed by atoms with Crippen molar-refractivity contribution in [3.63, 3.8) is 0 Å². The topological polar surface area (TPSA) is 102 Å². The Morgan fingerprint density at radius 2 is 2.18 bits per heavy atom. The van der Waals surface area contributed by atoms with E-state index >= 15 is 0 Å². The van der Waals surface area contributed by atoms with E-state index in [1.165, 1.54) is 4.90 Å². The monoisotopic (exact) mass is 241 g/mol. The molecule has 7 nitrogen and oxygen atoms in total. The number of nitrogens with zero attached hydrogens (tertiary/aromatic N) is 1. The molecule has 0 aromatic carbocycles. The molecule has 0 aromatic heterocycles. The van der Waals surface area contributed by atoms with Gasteiger partial charge in [-0.2, -0.15) is 0 Å². The Morgan fingerprint density at radius 3 is 2.76 bits per heavy atom. The maximum absolute atomic E-state index is 12.1. The van der Waals surface area contributed by atoms with Crippen molar-refractivity contribution in [1.29, 1.82) is 0 Å². The van der Waals surface area contributed by atoms with Gasteiger partial charge in [-0.05, 0) is 6.92 Å². The average Bonchev–Trinajstić information content (AvgIpc) is 2.69. The van der Waals surface area contributed by atoms with Gasteiger partial charge in [-0.3, -0.25) is 19.7 Å². The Bertz CT molecular complexity index is 371. The van der Waals surface area contributed by atoms with Gasteiger partial charge in [0.2, 0.25) is 17.7 Å². The number of ether oxygens (including phenoxy) is 1. The second-order valence-corrected chi connectivity index (χ2v) is 4.36. The van der Waals surface area contributed by atoms with Gasteiger partial charge in [-0.1, -0.05) is 0 Å². The van der Waals surface area contributed by atoms with E-state index < -0.39 is 23.8 Å². The number of amides is 3. The third-order valence-electron chi connectivity index (χ3n) is 3.15. The summed E-state index contributed by atoms with van der Waals surface area (Å²) in [6.07, 6.45) is 0. The largest absolute Gasteiger partial charge is 0.379 e. The minimum Gasteiger partial charge on any atom is -0.379 e. The first-order chi connectivity index (χ1) is 8.00. The summed E-state index contributed by atoms with van der Waals surface area (Å²) in [6, 6.07) is -1.01. The van der Waals surface area contributed by atoms with Gasteiger partial charge in [0.05, 0.1) is 19.1 Å². The number of nitrogens with one attached hydrogen (secondary N) is 1. The molecule has 0 radical (unpaired) electrons. The first kappa shape index (κ1) is 12.0. The summed E-state index contributed by atoms with van der Waals surface area (Å²) < 4.78 is 5.11. The van der Waals surface area contributed by atoms with Gasteiger partial charge in [0.1, 0.15) is 12.6 Å². The fraction of sp³-hybridized carbons (Fsp3) is 0.700. The standard InChI is InChI=1S/C10H15N3O4/c1-5-9(15)12-8(14)2-13(5)10(16)6-3-17-4-7(6)11/h5-7H,2-4,11H2,1H3,(H,12,14,15). The fourth-order valence-electron chi connectivity index (χ4n) is 2.02. The molecular formula is C10H15N3O4. The van der Waals surface area contributed by atoms with Gasteiger partial charge in [0.15, 0.2) is 0 Å². The molecule has 2 aliphatic heterocycles. The van der Waals surface area contributed by atoms with Crippen LogP contribution in [0.15, 0.2) is 0 Å². The van der Waals surface area contributed by atoms with Crippen LogP contribution in [0.3, 0.4) is 0 Å². The quantitative estimate of drug-likeness (QED) is 0.509. The highest BCUT2D eigenvalue weighted by Crippen LogP contribution is 2.17. The van der Waals surface area contributed by atoms with Crippen molar-refractivity contribution in [2.24, 2.45) is 11.7 Å². The number of carbonyl (C=O) groups excluding carboxylic acids is 3. The number of imide groups is 1. The number of hydrogen-bond donors (Lipinski definition) is 2. The number of hydrogen-bond acceptors (Lipinski definition) is 5. The summed E-state index contributed by atoms with van der Waals surface area (Å²) in [7, 11) is 0. The molecule has 7 heteroatoms. The zero-order chi connectivity index (χ0) is 12.6. The van der Waals surface area contributed by atoms with E-state index in [1.807, 2.05) is 0 Å². The van der Waals surface area contributed by atoms with E-state index in [2.05, 4.69) is 5.32 Å². The first-order valence-electron chi connectivity index (χ1n) is 5.48. The lowest BCUT2D eigenvalue weighted by Gasteiger charge is -2.33. The zero-order valence-corrected chi connectivity index (χ0v) is 9.51. The Balaban J connectivity index is 2.12. The first-order valence-corrected chi connectivity index (χ1v) is 5.48. The Morgan fingerprint density at radius 1 is 1.47 bits per heavy atom. The normalized spacial score (nSPS) is 33.8. The molecule has 2 fully saturated rings. The molecule has 3 N–H and O–H groups in total. The molecular weight excluding hydrogens is 226 g/mol. The number of nitrogens with two attached hydrogens (primary N) is 1. The van der Waals surface area contributed by atoms with Gasteiger partial charge >= 0.3 is 0 Å². The van der Waals surface area contributed by atoms with E-state index in [-0.39, 0.29) is 25.1 Å². The smallest absolute Gasteiger partial charge is 0.249 e. The molecule has 0 saturated carbocycles.